The van der Waals surface area contributed by atoms with E-state index >= 15 is 0 Å². The number of urea groups is 1. The number of rotatable bonds is 4. The number of nitrogens with one attached hydrogen (secondary N) is 1. The maximum absolute atomic E-state index is 12.3. The Balaban J connectivity index is 2.87. The van der Waals surface area contributed by atoms with Crippen LogP contribution in [0, 0.1) is 6.92 Å². The van der Waals surface area contributed by atoms with Crippen LogP contribution >= 0.6 is 11.6 Å². The lowest BCUT2D eigenvalue weighted by molar-refractivity contribution is -0.148. The molecule has 0 aliphatic heterocycles. The molecule has 0 heterocycles. The number of anilines is 1. The highest BCUT2D eigenvalue weighted by Crippen LogP contribution is 2.23. The summed E-state index contributed by atoms with van der Waals surface area (Å²) in [4.78, 5) is 22.4. The number of benzene rings is 1. The molecule has 0 unspecified atom stereocenters. The molecule has 116 valence electrons. The molecule has 0 spiro atoms. The Morgan fingerprint density at radius 1 is 1.38 bits per heavy atom. The third-order valence-corrected chi connectivity index (χ3v) is 2.66. The Bertz CT molecular complexity index is 549. The molecule has 0 atom stereocenters. The number of aliphatic carboxylic acids is 1. The molecular formula is C12H12ClF3N2O3. The van der Waals surface area contributed by atoms with Crippen LogP contribution in [0.2, 0.25) is 5.02 Å². The number of carbonyl (C=O) groups is 2. The number of carbonyl (C=O) groups excluding carboxylic acids is 1. The molecule has 0 saturated heterocycles. The molecule has 0 radical (unpaired) electrons. The van der Waals surface area contributed by atoms with Gasteiger partial charge in [0, 0.05) is 0 Å². The van der Waals surface area contributed by atoms with Crippen molar-refractivity contribution in [3.8, 4) is 0 Å². The number of amides is 2. The molecule has 0 bridgehead atoms. The second-order valence-corrected chi connectivity index (χ2v) is 4.69. The summed E-state index contributed by atoms with van der Waals surface area (Å²) in [6.45, 7) is -0.999. The van der Waals surface area contributed by atoms with Crippen LogP contribution in [0.3, 0.4) is 0 Å². The zero-order chi connectivity index (χ0) is 16.2. The van der Waals surface area contributed by atoms with Crippen molar-refractivity contribution in [1.82, 2.24) is 4.90 Å². The van der Waals surface area contributed by atoms with E-state index in [2.05, 4.69) is 5.32 Å². The van der Waals surface area contributed by atoms with E-state index in [1.807, 2.05) is 0 Å². The average Bonchev–Trinajstić information content (AvgIpc) is 2.29. The van der Waals surface area contributed by atoms with Gasteiger partial charge in [-0.3, -0.25) is 4.79 Å². The minimum atomic E-state index is -4.70. The molecule has 1 aromatic carbocycles. The van der Waals surface area contributed by atoms with E-state index in [1.165, 1.54) is 12.1 Å². The van der Waals surface area contributed by atoms with Gasteiger partial charge in [0.25, 0.3) is 0 Å². The average molecular weight is 325 g/mol. The zero-order valence-corrected chi connectivity index (χ0v) is 11.6. The summed E-state index contributed by atoms with van der Waals surface area (Å²) in [7, 11) is 0. The predicted octanol–water partition coefficient (Wildman–Crippen LogP) is 3.13. The van der Waals surface area contributed by atoms with Crippen LogP contribution in [-0.2, 0) is 4.79 Å². The molecule has 2 amide bonds. The largest absolute Gasteiger partial charge is 0.480 e. The van der Waals surface area contributed by atoms with E-state index in [1.54, 1.807) is 13.0 Å². The number of nitrogens with zero attached hydrogens (tertiary/aromatic N) is 1. The first-order valence-electron chi connectivity index (χ1n) is 5.69. The van der Waals surface area contributed by atoms with Crippen LogP contribution < -0.4 is 5.32 Å². The highest BCUT2D eigenvalue weighted by atomic mass is 35.5. The summed E-state index contributed by atoms with van der Waals surface area (Å²) in [5.41, 5.74) is 0.903. The monoisotopic (exact) mass is 324 g/mol. The molecular weight excluding hydrogens is 313 g/mol. The van der Waals surface area contributed by atoms with Crippen molar-refractivity contribution in [3.63, 3.8) is 0 Å². The minimum absolute atomic E-state index is 0.102. The van der Waals surface area contributed by atoms with E-state index < -0.39 is 31.3 Å². The minimum Gasteiger partial charge on any atom is -0.480 e. The molecule has 0 aromatic heterocycles. The molecule has 0 aliphatic carbocycles. The molecule has 0 saturated carbocycles. The van der Waals surface area contributed by atoms with Crippen LogP contribution in [0.5, 0.6) is 0 Å². The van der Waals surface area contributed by atoms with Gasteiger partial charge in [0.15, 0.2) is 0 Å². The predicted molar refractivity (Wildman–Crippen MR) is 70.5 cm³/mol. The van der Waals surface area contributed by atoms with Crippen LogP contribution in [-0.4, -0.2) is 41.3 Å². The molecule has 2 N–H and O–H groups in total. The van der Waals surface area contributed by atoms with Crippen LogP contribution in [0.4, 0.5) is 23.7 Å². The van der Waals surface area contributed by atoms with Crippen LogP contribution in [0.15, 0.2) is 18.2 Å². The van der Waals surface area contributed by atoms with Gasteiger partial charge in [0.1, 0.15) is 13.1 Å². The van der Waals surface area contributed by atoms with Gasteiger partial charge in [0.2, 0.25) is 0 Å². The van der Waals surface area contributed by atoms with Crippen molar-refractivity contribution in [2.45, 2.75) is 13.1 Å². The van der Waals surface area contributed by atoms with Crippen LogP contribution in [0.1, 0.15) is 5.56 Å². The first-order valence-corrected chi connectivity index (χ1v) is 6.07. The summed E-state index contributed by atoms with van der Waals surface area (Å²) in [5.74, 6) is -1.55. The first kappa shape index (κ1) is 17.1. The number of hydrogen-bond donors (Lipinski definition) is 2. The Morgan fingerprint density at radius 2 is 2.00 bits per heavy atom. The maximum atomic E-state index is 12.3. The second-order valence-electron chi connectivity index (χ2n) is 4.28. The Morgan fingerprint density at radius 3 is 2.48 bits per heavy atom. The number of alkyl halides is 3. The molecule has 0 fully saturated rings. The third kappa shape index (κ3) is 5.90. The third-order valence-electron chi connectivity index (χ3n) is 2.35. The van der Waals surface area contributed by atoms with Gasteiger partial charge in [-0.15, -0.1) is 0 Å². The lowest BCUT2D eigenvalue weighted by Crippen LogP contribution is -2.44. The van der Waals surface area contributed by atoms with Gasteiger partial charge in [-0.2, -0.15) is 13.2 Å². The lowest BCUT2D eigenvalue weighted by atomic mass is 10.2. The van der Waals surface area contributed by atoms with Gasteiger partial charge in [-0.25, -0.2) is 4.79 Å². The van der Waals surface area contributed by atoms with E-state index in [4.69, 9.17) is 16.7 Å². The molecule has 1 aromatic rings. The van der Waals surface area contributed by atoms with Crippen molar-refractivity contribution in [3.05, 3.63) is 28.8 Å². The Kier molecular flexibility index (Phi) is 5.42. The molecule has 0 aliphatic rings. The van der Waals surface area contributed by atoms with E-state index in [9.17, 15) is 22.8 Å². The van der Waals surface area contributed by atoms with Gasteiger partial charge >= 0.3 is 18.2 Å². The van der Waals surface area contributed by atoms with Gasteiger partial charge in [-0.1, -0.05) is 17.7 Å². The normalized spacial score (nSPS) is 11.1. The number of halogens is 4. The Labute approximate surface area is 123 Å². The number of aryl methyl sites for hydroxylation is 1. The SMILES string of the molecule is Cc1ccc(NC(=O)N(CC(=O)O)CC(F)(F)F)c(Cl)c1. The standard InChI is InChI=1S/C12H12ClF3N2O3/c1-7-2-3-9(8(13)4-7)17-11(21)18(5-10(19)20)6-12(14,15)16/h2-4H,5-6H2,1H3,(H,17,21)(H,19,20). The van der Waals surface area contributed by atoms with Crippen molar-refractivity contribution < 1.29 is 27.9 Å². The Hall–Kier alpha value is -1.96. The van der Waals surface area contributed by atoms with E-state index in [0.717, 1.165) is 5.56 Å². The topological polar surface area (TPSA) is 69.6 Å². The fourth-order valence-corrected chi connectivity index (χ4v) is 1.78. The summed E-state index contributed by atoms with van der Waals surface area (Å²) in [6, 6.07) is 3.35. The fourth-order valence-electron chi connectivity index (χ4n) is 1.49. The highest BCUT2D eigenvalue weighted by Gasteiger charge is 2.34. The summed E-state index contributed by atoms with van der Waals surface area (Å²) in [6.07, 6.45) is -4.70. The molecule has 21 heavy (non-hydrogen) atoms. The van der Waals surface area contributed by atoms with Crippen molar-refractivity contribution >= 4 is 29.3 Å². The highest BCUT2D eigenvalue weighted by molar-refractivity contribution is 6.33. The van der Waals surface area contributed by atoms with E-state index in [0.29, 0.717) is 0 Å². The molecule has 9 heteroatoms. The summed E-state index contributed by atoms with van der Waals surface area (Å²) < 4.78 is 37.0. The number of carboxylic acid groups (broad SMARTS) is 1. The van der Waals surface area contributed by atoms with Gasteiger partial charge in [0.05, 0.1) is 10.7 Å². The maximum Gasteiger partial charge on any atom is 0.406 e. The van der Waals surface area contributed by atoms with Crippen LogP contribution in [0.25, 0.3) is 0 Å². The summed E-state index contributed by atoms with van der Waals surface area (Å²) >= 11 is 5.85. The quantitative estimate of drug-likeness (QED) is 0.894. The van der Waals surface area contributed by atoms with Gasteiger partial charge in [-0.05, 0) is 24.6 Å². The summed E-state index contributed by atoms with van der Waals surface area (Å²) in [5, 5.41) is 10.9. The first-order chi connectivity index (χ1) is 9.58. The number of carboxylic acids is 1. The molecule has 5 nitrogen and oxygen atoms in total. The van der Waals surface area contributed by atoms with Crippen molar-refractivity contribution in [2.75, 3.05) is 18.4 Å². The zero-order valence-electron chi connectivity index (χ0n) is 10.9. The fraction of sp³-hybridized carbons (Fsp3) is 0.333. The second kappa shape index (κ2) is 6.66. The van der Waals surface area contributed by atoms with Gasteiger partial charge < -0.3 is 15.3 Å². The molecule has 1 rings (SSSR count). The lowest BCUT2D eigenvalue weighted by Gasteiger charge is -2.22. The van der Waals surface area contributed by atoms with E-state index in [-0.39, 0.29) is 15.6 Å². The van der Waals surface area contributed by atoms with Crippen molar-refractivity contribution in [1.29, 1.82) is 0 Å². The number of hydrogen-bond acceptors (Lipinski definition) is 2. The smallest absolute Gasteiger partial charge is 0.406 e. The van der Waals surface area contributed by atoms with Crippen molar-refractivity contribution in [2.24, 2.45) is 0 Å².